The summed E-state index contributed by atoms with van der Waals surface area (Å²) >= 11 is 6.14. The molecular formula is C19H18ClNO6S. The molecule has 7 nitrogen and oxygen atoms in total. The van der Waals surface area contributed by atoms with Crippen molar-refractivity contribution in [2.24, 2.45) is 0 Å². The zero-order valence-corrected chi connectivity index (χ0v) is 16.8. The van der Waals surface area contributed by atoms with Gasteiger partial charge in [0.25, 0.3) is 10.0 Å². The van der Waals surface area contributed by atoms with Crippen LogP contribution in [0.4, 0.5) is 5.69 Å². The Kier molecular flexibility index (Phi) is 5.62. The highest BCUT2D eigenvalue weighted by molar-refractivity contribution is 7.93. The number of rotatable bonds is 5. The monoisotopic (exact) mass is 423 g/mol. The van der Waals surface area contributed by atoms with Crippen LogP contribution in [0.1, 0.15) is 22.8 Å². The molecule has 0 saturated carbocycles. The van der Waals surface area contributed by atoms with Gasteiger partial charge < -0.3 is 9.47 Å². The lowest BCUT2D eigenvalue weighted by Gasteiger charge is -2.20. The Bertz CT molecular complexity index is 1040. The average molecular weight is 424 g/mol. The van der Waals surface area contributed by atoms with Crippen LogP contribution >= 0.6 is 11.6 Å². The summed E-state index contributed by atoms with van der Waals surface area (Å²) < 4.78 is 37.2. The van der Waals surface area contributed by atoms with E-state index in [9.17, 15) is 18.0 Å². The van der Waals surface area contributed by atoms with E-state index in [1.807, 2.05) is 12.1 Å². The number of esters is 2. The highest BCUT2D eigenvalue weighted by Gasteiger charge is 2.33. The minimum absolute atomic E-state index is 0.0121. The molecule has 0 aromatic heterocycles. The molecule has 0 N–H and O–H groups in total. The van der Waals surface area contributed by atoms with Crippen LogP contribution in [-0.4, -0.2) is 40.1 Å². The number of carbonyl (C=O) groups excluding carboxylic acids is 2. The fourth-order valence-corrected chi connectivity index (χ4v) is 4.95. The van der Waals surface area contributed by atoms with E-state index in [4.69, 9.17) is 16.3 Å². The molecule has 0 unspecified atom stereocenters. The third kappa shape index (κ3) is 3.70. The molecule has 2 aromatic rings. The third-order valence-corrected chi connectivity index (χ3v) is 6.69. The summed E-state index contributed by atoms with van der Waals surface area (Å²) in [6.45, 7) is 1.64. The van der Waals surface area contributed by atoms with Crippen LogP contribution in [0.15, 0.2) is 47.4 Å². The van der Waals surface area contributed by atoms with E-state index in [1.165, 1.54) is 30.5 Å². The van der Waals surface area contributed by atoms with Gasteiger partial charge in [0.1, 0.15) is 4.90 Å². The van der Waals surface area contributed by atoms with Gasteiger partial charge >= 0.3 is 11.9 Å². The maximum absolute atomic E-state index is 13.2. The summed E-state index contributed by atoms with van der Waals surface area (Å²) in [5, 5.41) is -0.0121. The maximum atomic E-state index is 13.2. The maximum Gasteiger partial charge on any atom is 0.346 e. The van der Waals surface area contributed by atoms with E-state index in [2.05, 4.69) is 4.74 Å². The third-order valence-electron chi connectivity index (χ3n) is 4.40. The van der Waals surface area contributed by atoms with Gasteiger partial charge in [-0.2, -0.15) is 0 Å². The second kappa shape index (κ2) is 7.81. The number of nitrogens with zero attached hydrogens (tertiary/aromatic N) is 1. The van der Waals surface area contributed by atoms with E-state index in [1.54, 1.807) is 12.1 Å². The molecule has 0 saturated heterocycles. The molecule has 0 amide bonds. The van der Waals surface area contributed by atoms with Crippen molar-refractivity contribution in [3.8, 4) is 0 Å². The highest BCUT2D eigenvalue weighted by atomic mass is 35.5. The average Bonchev–Trinajstić information content (AvgIpc) is 3.12. The van der Waals surface area contributed by atoms with E-state index >= 15 is 0 Å². The van der Waals surface area contributed by atoms with Gasteiger partial charge in [0.15, 0.2) is 6.10 Å². The summed E-state index contributed by atoms with van der Waals surface area (Å²) in [5.41, 5.74) is 1.47. The van der Waals surface area contributed by atoms with Crippen molar-refractivity contribution >= 4 is 39.3 Å². The molecule has 1 aliphatic rings. The van der Waals surface area contributed by atoms with Crippen molar-refractivity contribution < 1.29 is 27.5 Å². The second-order valence-electron chi connectivity index (χ2n) is 6.17. The van der Waals surface area contributed by atoms with E-state index < -0.39 is 28.1 Å². The van der Waals surface area contributed by atoms with Gasteiger partial charge in [0, 0.05) is 6.54 Å². The summed E-state index contributed by atoms with van der Waals surface area (Å²) in [4.78, 5) is 23.5. The molecule has 9 heteroatoms. The summed E-state index contributed by atoms with van der Waals surface area (Å²) in [5.74, 6) is -1.57. The predicted octanol–water partition coefficient (Wildman–Crippen LogP) is 2.81. The Labute approximate surface area is 167 Å². The van der Waals surface area contributed by atoms with Gasteiger partial charge in [-0.15, -0.1) is 0 Å². The Balaban J connectivity index is 1.94. The lowest BCUT2D eigenvalue weighted by molar-refractivity contribution is -0.149. The SMILES string of the molecule is COC(=O)[C@@H](C)OC(=O)c1ccc(Cl)c(S(=O)(=O)N2CCc3ccccc32)c1. The molecule has 1 aliphatic heterocycles. The van der Waals surface area contributed by atoms with E-state index in [0.29, 0.717) is 12.1 Å². The molecule has 148 valence electrons. The van der Waals surface area contributed by atoms with Crippen LogP contribution < -0.4 is 4.31 Å². The Morgan fingerprint density at radius 1 is 1.18 bits per heavy atom. The molecule has 0 bridgehead atoms. The zero-order valence-electron chi connectivity index (χ0n) is 15.2. The lowest BCUT2D eigenvalue weighted by atomic mass is 10.2. The number of carbonyl (C=O) groups is 2. The molecule has 0 aliphatic carbocycles. The van der Waals surface area contributed by atoms with Crippen molar-refractivity contribution in [2.45, 2.75) is 24.3 Å². The number of hydrogen-bond acceptors (Lipinski definition) is 6. The van der Waals surface area contributed by atoms with Crippen LogP contribution in [0.5, 0.6) is 0 Å². The van der Waals surface area contributed by atoms with Gasteiger partial charge in [0.05, 0.1) is 23.4 Å². The highest BCUT2D eigenvalue weighted by Crippen LogP contribution is 2.35. The Morgan fingerprint density at radius 3 is 2.61 bits per heavy atom. The first kappa shape index (κ1) is 20.2. The first-order valence-electron chi connectivity index (χ1n) is 8.44. The lowest BCUT2D eigenvalue weighted by Crippen LogP contribution is -2.29. The fourth-order valence-electron chi connectivity index (χ4n) is 2.95. The number of ether oxygens (including phenoxy) is 2. The number of methoxy groups -OCH3 is 1. The van der Waals surface area contributed by atoms with Crippen molar-refractivity contribution in [1.82, 2.24) is 0 Å². The quantitative estimate of drug-likeness (QED) is 0.687. The summed E-state index contributed by atoms with van der Waals surface area (Å²) in [7, 11) is -2.81. The minimum atomic E-state index is -3.99. The molecule has 28 heavy (non-hydrogen) atoms. The normalized spacial score (nSPS) is 14.3. The molecule has 2 aromatic carbocycles. The number of sulfonamides is 1. The first-order chi connectivity index (χ1) is 13.3. The van der Waals surface area contributed by atoms with Crippen LogP contribution in [0.2, 0.25) is 5.02 Å². The predicted molar refractivity (Wildman–Crippen MR) is 103 cm³/mol. The molecule has 0 fully saturated rings. The molecule has 3 rings (SSSR count). The van der Waals surface area contributed by atoms with E-state index in [0.717, 1.165) is 11.6 Å². The van der Waals surface area contributed by atoms with Gasteiger partial charge in [-0.1, -0.05) is 29.8 Å². The van der Waals surface area contributed by atoms with Crippen LogP contribution in [0.3, 0.4) is 0 Å². The summed E-state index contributed by atoms with van der Waals surface area (Å²) in [6.07, 6.45) is -0.538. The van der Waals surface area contributed by atoms with Gasteiger partial charge in [-0.3, -0.25) is 4.31 Å². The van der Waals surface area contributed by atoms with Gasteiger partial charge in [0.2, 0.25) is 0 Å². The molecule has 1 atom stereocenters. The fraction of sp³-hybridized carbons (Fsp3) is 0.263. The topological polar surface area (TPSA) is 90.0 Å². The van der Waals surface area contributed by atoms with Crippen LogP contribution in [-0.2, 0) is 30.7 Å². The number of para-hydroxylation sites is 1. The van der Waals surface area contributed by atoms with Crippen molar-refractivity contribution in [3.05, 3.63) is 58.6 Å². The standard InChI is InChI=1S/C19H18ClNO6S/c1-12(18(22)26-2)27-19(23)14-7-8-15(20)17(11-14)28(24,25)21-10-9-13-5-3-4-6-16(13)21/h3-8,11-12H,9-10H2,1-2H3/t12-/m1/s1. The van der Waals surface area contributed by atoms with Gasteiger partial charge in [-0.05, 0) is 43.2 Å². The first-order valence-corrected chi connectivity index (χ1v) is 10.3. The number of fused-ring (bicyclic) bond motifs is 1. The molecular weight excluding hydrogens is 406 g/mol. The van der Waals surface area contributed by atoms with Crippen molar-refractivity contribution in [3.63, 3.8) is 0 Å². The smallest absolute Gasteiger partial charge is 0.346 e. The van der Waals surface area contributed by atoms with Crippen molar-refractivity contribution in [1.29, 1.82) is 0 Å². The second-order valence-corrected chi connectivity index (χ2v) is 8.41. The van der Waals surface area contributed by atoms with Crippen molar-refractivity contribution in [2.75, 3.05) is 18.0 Å². The summed E-state index contributed by atoms with van der Waals surface area (Å²) in [6, 6.07) is 11.0. The molecule has 0 spiro atoms. The molecule has 0 radical (unpaired) electrons. The number of halogens is 1. The van der Waals surface area contributed by atoms with Crippen LogP contribution in [0.25, 0.3) is 0 Å². The Hall–Kier alpha value is -2.58. The van der Waals surface area contributed by atoms with Crippen LogP contribution in [0, 0.1) is 0 Å². The molecule has 1 heterocycles. The number of hydrogen-bond donors (Lipinski definition) is 0. The minimum Gasteiger partial charge on any atom is -0.466 e. The Morgan fingerprint density at radius 2 is 1.89 bits per heavy atom. The van der Waals surface area contributed by atoms with Gasteiger partial charge in [-0.25, -0.2) is 18.0 Å². The largest absolute Gasteiger partial charge is 0.466 e. The number of anilines is 1. The van der Waals surface area contributed by atoms with E-state index in [-0.39, 0.29) is 22.0 Å². The number of benzene rings is 2. The zero-order chi connectivity index (χ0) is 20.5.